The van der Waals surface area contributed by atoms with Gasteiger partial charge in [-0.15, -0.1) is 24.0 Å². The molecule has 3 N–H and O–H groups in total. The van der Waals surface area contributed by atoms with Crippen LogP contribution in [0.5, 0.6) is 0 Å². The maximum atomic E-state index is 12.2. The summed E-state index contributed by atoms with van der Waals surface area (Å²) in [4.78, 5) is 16.3. The highest BCUT2D eigenvalue weighted by Gasteiger charge is 2.23. The predicted molar refractivity (Wildman–Crippen MR) is 127 cm³/mol. The summed E-state index contributed by atoms with van der Waals surface area (Å²) in [5, 5.41) is 9.28. The van der Waals surface area contributed by atoms with Gasteiger partial charge in [-0.1, -0.05) is 12.1 Å². The molecule has 1 fully saturated rings. The smallest absolute Gasteiger partial charge is 0.253 e. The Hall–Kier alpha value is -1.40. The van der Waals surface area contributed by atoms with Crippen molar-refractivity contribution in [2.75, 3.05) is 31.0 Å². The minimum Gasteiger partial charge on any atom is -0.368 e. The molecule has 0 aliphatic carbocycles. The molecule has 8 nitrogen and oxygen atoms in total. The van der Waals surface area contributed by atoms with Gasteiger partial charge in [-0.2, -0.15) is 0 Å². The topological polar surface area (TPSA) is 109 Å². The van der Waals surface area contributed by atoms with E-state index >= 15 is 0 Å². The lowest BCUT2D eigenvalue weighted by molar-refractivity contribution is -0.124. The van der Waals surface area contributed by atoms with Gasteiger partial charge < -0.3 is 20.7 Å². The summed E-state index contributed by atoms with van der Waals surface area (Å²) in [7, 11) is -1.32. The lowest BCUT2D eigenvalue weighted by atomic mass is 10.2. The summed E-state index contributed by atoms with van der Waals surface area (Å²) in [6.07, 6.45) is 3.05. The molecular weight excluding hydrogens is 507 g/mol. The van der Waals surface area contributed by atoms with Gasteiger partial charge in [0.2, 0.25) is 0 Å². The van der Waals surface area contributed by atoms with Crippen LogP contribution in [0.25, 0.3) is 0 Å². The molecule has 29 heavy (non-hydrogen) atoms. The van der Waals surface area contributed by atoms with E-state index < -0.39 is 9.84 Å². The minimum atomic E-state index is -2.98. The van der Waals surface area contributed by atoms with Gasteiger partial charge in [-0.05, 0) is 43.9 Å². The highest BCUT2D eigenvalue weighted by molar-refractivity contribution is 14.0. The van der Waals surface area contributed by atoms with Crippen molar-refractivity contribution in [3.63, 3.8) is 0 Å². The molecule has 1 heterocycles. The van der Waals surface area contributed by atoms with E-state index in [1.54, 1.807) is 7.05 Å². The molecule has 1 aliphatic rings. The number of halogens is 1. The molecule has 164 valence electrons. The van der Waals surface area contributed by atoms with Gasteiger partial charge in [0.1, 0.15) is 15.9 Å². The molecule has 2 rings (SSSR count). The highest BCUT2D eigenvalue weighted by atomic mass is 127. The van der Waals surface area contributed by atoms with Crippen LogP contribution in [0.15, 0.2) is 29.3 Å². The molecule has 1 aliphatic heterocycles. The standard InChI is InChI=1S/C19H30N4O4S.HI/c1-14(9-11-28(3,25)26)22-19(20-2)21-13-15-6-4-7-16(12-15)23-18(24)17-8-5-10-27-17;/h4,6-7,12,14,17H,5,8-11,13H2,1-3H3,(H,23,24)(H2,20,21,22);1H. The van der Waals surface area contributed by atoms with Gasteiger partial charge in [0.25, 0.3) is 5.91 Å². The van der Waals surface area contributed by atoms with Crippen molar-refractivity contribution in [3.8, 4) is 0 Å². The van der Waals surface area contributed by atoms with Gasteiger partial charge in [-0.25, -0.2) is 8.42 Å². The summed E-state index contributed by atoms with van der Waals surface area (Å²) >= 11 is 0. The molecule has 1 aromatic carbocycles. The lowest BCUT2D eigenvalue weighted by Gasteiger charge is -2.18. The van der Waals surface area contributed by atoms with Crippen LogP contribution >= 0.6 is 24.0 Å². The first-order valence-corrected chi connectivity index (χ1v) is 11.5. The first-order valence-electron chi connectivity index (χ1n) is 9.43. The number of ether oxygens (including phenoxy) is 1. The van der Waals surface area contributed by atoms with E-state index in [4.69, 9.17) is 4.74 Å². The zero-order chi connectivity index (χ0) is 20.6. The van der Waals surface area contributed by atoms with Gasteiger partial charge in [-0.3, -0.25) is 9.79 Å². The van der Waals surface area contributed by atoms with Crippen LogP contribution in [0, 0.1) is 0 Å². The van der Waals surface area contributed by atoms with Gasteiger partial charge in [0.15, 0.2) is 5.96 Å². The summed E-state index contributed by atoms with van der Waals surface area (Å²) in [5.41, 5.74) is 1.71. The molecule has 10 heteroatoms. The summed E-state index contributed by atoms with van der Waals surface area (Å²) < 4.78 is 28.0. The lowest BCUT2D eigenvalue weighted by Crippen LogP contribution is -2.42. The normalized spacial score (nSPS) is 17.9. The molecule has 1 aromatic rings. The highest BCUT2D eigenvalue weighted by Crippen LogP contribution is 2.16. The van der Waals surface area contributed by atoms with E-state index in [9.17, 15) is 13.2 Å². The van der Waals surface area contributed by atoms with E-state index in [0.29, 0.717) is 25.5 Å². The van der Waals surface area contributed by atoms with Gasteiger partial charge in [0.05, 0.1) is 5.75 Å². The second-order valence-electron chi connectivity index (χ2n) is 7.08. The fourth-order valence-corrected chi connectivity index (χ4v) is 3.62. The second kappa shape index (κ2) is 12.3. The van der Waals surface area contributed by atoms with Crippen molar-refractivity contribution in [2.24, 2.45) is 4.99 Å². The number of amides is 1. The first-order chi connectivity index (χ1) is 13.3. The number of carbonyl (C=O) groups is 1. The Bertz CT molecular complexity index is 795. The average Bonchev–Trinajstić information content (AvgIpc) is 3.18. The number of nitrogens with one attached hydrogen (secondary N) is 3. The maximum Gasteiger partial charge on any atom is 0.253 e. The molecule has 0 aromatic heterocycles. The maximum absolute atomic E-state index is 12.2. The monoisotopic (exact) mass is 538 g/mol. The number of nitrogens with zero attached hydrogens (tertiary/aromatic N) is 1. The number of guanidine groups is 1. The van der Waals surface area contributed by atoms with E-state index in [2.05, 4.69) is 20.9 Å². The summed E-state index contributed by atoms with van der Waals surface area (Å²) in [5.74, 6) is 0.611. The van der Waals surface area contributed by atoms with Gasteiger partial charge >= 0.3 is 0 Å². The minimum absolute atomic E-state index is 0. The third-order valence-electron chi connectivity index (χ3n) is 4.40. The van der Waals surface area contributed by atoms with Crippen LogP contribution in [0.2, 0.25) is 0 Å². The van der Waals surface area contributed by atoms with Gasteiger partial charge in [0, 0.05) is 38.2 Å². The Morgan fingerprint density at radius 2 is 2.14 bits per heavy atom. The van der Waals surface area contributed by atoms with E-state index in [1.807, 2.05) is 31.2 Å². The van der Waals surface area contributed by atoms with Crippen LogP contribution in [0.4, 0.5) is 5.69 Å². The largest absolute Gasteiger partial charge is 0.368 e. The fourth-order valence-electron chi connectivity index (χ4n) is 2.84. The summed E-state index contributed by atoms with van der Waals surface area (Å²) in [6, 6.07) is 7.55. The zero-order valence-corrected chi connectivity index (χ0v) is 20.3. The quantitative estimate of drug-likeness (QED) is 0.265. The SMILES string of the molecule is CN=C(NCc1cccc(NC(=O)C2CCCO2)c1)NC(C)CCS(C)(=O)=O.I. The van der Waals surface area contributed by atoms with Crippen LogP contribution in [-0.4, -0.2) is 58.1 Å². The molecule has 1 amide bonds. The Morgan fingerprint density at radius 1 is 1.38 bits per heavy atom. The van der Waals surface area contributed by atoms with E-state index in [1.165, 1.54) is 6.26 Å². The molecule has 2 unspecified atom stereocenters. The summed E-state index contributed by atoms with van der Waals surface area (Å²) in [6.45, 7) is 3.07. The Labute approximate surface area is 190 Å². The molecule has 0 bridgehead atoms. The average molecular weight is 538 g/mol. The molecular formula is C19H31IN4O4S. The van der Waals surface area contributed by atoms with E-state index in [0.717, 1.165) is 24.1 Å². The van der Waals surface area contributed by atoms with Crippen molar-refractivity contribution in [1.82, 2.24) is 10.6 Å². The van der Waals surface area contributed by atoms with Crippen LogP contribution in [0.3, 0.4) is 0 Å². The molecule has 1 saturated heterocycles. The Kier molecular flexibility index (Phi) is 10.9. The number of hydrogen-bond donors (Lipinski definition) is 3. The van der Waals surface area contributed by atoms with Crippen molar-refractivity contribution < 1.29 is 17.9 Å². The number of hydrogen-bond acceptors (Lipinski definition) is 5. The molecule has 2 atom stereocenters. The number of rotatable bonds is 8. The fraction of sp³-hybridized carbons (Fsp3) is 0.579. The number of anilines is 1. The number of aliphatic imine (C=N–C) groups is 1. The molecule has 0 radical (unpaired) electrons. The molecule has 0 saturated carbocycles. The van der Waals surface area contributed by atoms with Crippen molar-refractivity contribution in [3.05, 3.63) is 29.8 Å². The van der Waals surface area contributed by atoms with Crippen molar-refractivity contribution in [1.29, 1.82) is 0 Å². The van der Waals surface area contributed by atoms with Crippen molar-refractivity contribution in [2.45, 2.75) is 44.9 Å². The number of benzene rings is 1. The Balaban J connectivity index is 0.00000420. The number of sulfone groups is 1. The van der Waals surface area contributed by atoms with E-state index in [-0.39, 0.29) is 47.8 Å². The van der Waals surface area contributed by atoms with Crippen LogP contribution in [-0.2, 0) is 25.9 Å². The second-order valence-corrected chi connectivity index (χ2v) is 9.34. The zero-order valence-electron chi connectivity index (χ0n) is 17.1. The van der Waals surface area contributed by atoms with Crippen molar-refractivity contribution >= 4 is 51.4 Å². The van der Waals surface area contributed by atoms with Crippen LogP contribution in [0.1, 0.15) is 31.7 Å². The van der Waals surface area contributed by atoms with Crippen LogP contribution < -0.4 is 16.0 Å². The predicted octanol–water partition coefficient (Wildman–Crippen LogP) is 1.91. The molecule has 0 spiro atoms. The Morgan fingerprint density at radius 3 is 2.76 bits per heavy atom. The first kappa shape index (κ1) is 25.6. The number of carbonyl (C=O) groups excluding carboxylic acids is 1. The third-order valence-corrected chi connectivity index (χ3v) is 5.38. The third kappa shape index (κ3) is 9.77.